The van der Waals surface area contributed by atoms with Gasteiger partial charge >= 0.3 is 0 Å². The smallest absolute Gasteiger partial charge is 0.264 e. The maximum Gasteiger partial charge on any atom is 0.264 e. The molecule has 34 heavy (non-hydrogen) atoms. The minimum Gasteiger partial charge on any atom is -0.495 e. The highest BCUT2D eigenvalue weighted by atomic mass is 32.2. The van der Waals surface area contributed by atoms with Gasteiger partial charge in [-0.2, -0.15) is 0 Å². The second kappa shape index (κ2) is 9.97. The van der Waals surface area contributed by atoms with Crippen molar-refractivity contribution in [2.75, 3.05) is 18.0 Å². The molecule has 0 aliphatic heterocycles. The Morgan fingerprint density at radius 3 is 2.38 bits per heavy atom. The van der Waals surface area contributed by atoms with Crippen molar-refractivity contribution < 1.29 is 17.9 Å². The number of hydrogen-bond donors (Lipinski definition) is 1. The predicted octanol–water partition coefficient (Wildman–Crippen LogP) is 4.67. The normalized spacial score (nSPS) is 11.2. The van der Waals surface area contributed by atoms with E-state index in [1.165, 1.54) is 19.2 Å². The second-order valence-corrected chi connectivity index (χ2v) is 9.78. The summed E-state index contributed by atoms with van der Waals surface area (Å²) in [7, 11) is -2.55. The molecule has 4 aromatic carbocycles. The molecule has 0 spiro atoms. The molecule has 4 aromatic rings. The van der Waals surface area contributed by atoms with Crippen molar-refractivity contribution in [1.29, 1.82) is 0 Å². The highest BCUT2D eigenvalue weighted by Gasteiger charge is 2.29. The van der Waals surface area contributed by atoms with Gasteiger partial charge in [0.15, 0.2) is 0 Å². The van der Waals surface area contributed by atoms with Crippen LogP contribution < -0.4 is 14.4 Å². The van der Waals surface area contributed by atoms with Gasteiger partial charge in [-0.25, -0.2) is 8.42 Å². The summed E-state index contributed by atoms with van der Waals surface area (Å²) in [5.74, 6) is -0.0528. The molecule has 0 saturated carbocycles. The number of aryl methyl sites for hydroxylation is 1. The SMILES string of the molecule is COc1ccc(C)cc1N(CC(=O)NCc1cccc2ccccc12)S(=O)(=O)c1ccccc1. The molecule has 0 fully saturated rings. The van der Waals surface area contributed by atoms with Crippen LogP contribution in [-0.4, -0.2) is 28.0 Å². The first-order valence-electron chi connectivity index (χ1n) is 10.9. The molecule has 6 nitrogen and oxygen atoms in total. The monoisotopic (exact) mass is 474 g/mol. The zero-order valence-corrected chi connectivity index (χ0v) is 19.9. The van der Waals surface area contributed by atoms with Gasteiger partial charge in [0.2, 0.25) is 5.91 Å². The molecule has 0 bridgehead atoms. The van der Waals surface area contributed by atoms with Crippen LogP contribution in [0.25, 0.3) is 10.8 Å². The van der Waals surface area contributed by atoms with Crippen LogP contribution in [0.1, 0.15) is 11.1 Å². The summed E-state index contributed by atoms with van der Waals surface area (Å²) < 4.78 is 33.7. The third kappa shape index (κ3) is 4.89. The number of methoxy groups -OCH3 is 1. The minimum atomic E-state index is -4.02. The maximum absolute atomic E-state index is 13.6. The molecule has 0 radical (unpaired) electrons. The van der Waals surface area contributed by atoms with Crippen molar-refractivity contribution in [3.8, 4) is 5.75 Å². The van der Waals surface area contributed by atoms with E-state index in [1.54, 1.807) is 30.3 Å². The van der Waals surface area contributed by atoms with Crippen molar-refractivity contribution in [2.24, 2.45) is 0 Å². The lowest BCUT2D eigenvalue weighted by Crippen LogP contribution is -2.41. The Balaban J connectivity index is 1.64. The molecule has 0 heterocycles. The molecule has 0 aromatic heterocycles. The van der Waals surface area contributed by atoms with Gasteiger partial charge in [0.1, 0.15) is 12.3 Å². The van der Waals surface area contributed by atoms with E-state index in [2.05, 4.69) is 5.32 Å². The van der Waals surface area contributed by atoms with Crippen LogP contribution in [0, 0.1) is 6.92 Å². The largest absolute Gasteiger partial charge is 0.495 e. The average Bonchev–Trinajstić information content (AvgIpc) is 2.86. The van der Waals surface area contributed by atoms with Crippen molar-refractivity contribution in [3.05, 3.63) is 102 Å². The lowest BCUT2D eigenvalue weighted by Gasteiger charge is -2.26. The third-order valence-electron chi connectivity index (χ3n) is 5.58. The molecule has 0 aliphatic rings. The summed E-state index contributed by atoms with van der Waals surface area (Å²) >= 11 is 0. The minimum absolute atomic E-state index is 0.0976. The van der Waals surface area contributed by atoms with E-state index < -0.39 is 15.9 Å². The molecule has 174 valence electrons. The molecule has 1 N–H and O–H groups in total. The summed E-state index contributed by atoms with van der Waals surface area (Å²) in [6, 6.07) is 27.1. The number of carbonyl (C=O) groups is 1. The number of fused-ring (bicyclic) bond motifs is 1. The molecule has 0 saturated heterocycles. The van der Waals surface area contributed by atoms with E-state index in [0.29, 0.717) is 11.4 Å². The van der Waals surface area contributed by atoms with Crippen LogP contribution >= 0.6 is 0 Å². The van der Waals surface area contributed by atoms with Crippen molar-refractivity contribution in [2.45, 2.75) is 18.4 Å². The number of anilines is 1. The van der Waals surface area contributed by atoms with Gasteiger partial charge < -0.3 is 10.1 Å². The van der Waals surface area contributed by atoms with Gasteiger partial charge in [-0.15, -0.1) is 0 Å². The lowest BCUT2D eigenvalue weighted by atomic mass is 10.0. The first kappa shape index (κ1) is 23.3. The van der Waals surface area contributed by atoms with E-state index in [4.69, 9.17) is 4.74 Å². The fraction of sp³-hybridized carbons (Fsp3) is 0.148. The Hall–Kier alpha value is -3.84. The number of nitrogens with one attached hydrogen (secondary N) is 1. The van der Waals surface area contributed by atoms with Gasteiger partial charge in [0, 0.05) is 6.54 Å². The van der Waals surface area contributed by atoms with Gasteiger partial charge in [-0.3, -0.25) is 9.10 Å². The summed E-state index contributed by atoms with van der Waals surface area (Å²) in [6.45, 7) is 1.75. The van der Waals surface area contributed by atoms with E-state index in [1.807, 2.05) is 55.5 Å². The van der Waals surface area contributed by atoms with E-state index in [-0.39, 0.29) is 18.0 Å². The Bertz CT molecular complexity index is 1410. The number of amides is 1. The van der Waals surface area contributed by atoms with Gasteiger partial charge in [0.05, 0.1) is 17.7 Å². The number of rotatable bonds is 8. The second-order valence-electron chi connectivity index (χ2n) is 7.92. The number of carbonyl (C=O) groups excluding carboxylic acids is 1. The van der Waals surface area contributed by atoms with Crippen LogP contribution in [0.2, 0.25) is 0 Å². The molecule has 7 heteroatoms. The average molecular weight is 475 g/mol. The van der Waals surface area contributed by atoms with Gasteiger partial charge in [0.25, 0.3) is 10.0 Å². The highest BCUT2D eigenvalue weighted by molar-refractivity contribution is 7.92. The van der Waals surface area contributed by atoms with Crippen LogP contribution in [0.4, 0.5) is 5.69 Å². The number of benzene rings is 4. The molecule has 4 rings (SSSR count). The van der Waals surface area contributed by atoms with Crippen LogP contribution in [0.5, 0.6) is 5.75 Å². The highest BCUT2D eigenvalue weighted by Crippen LogP contribution is 2.33. The quantitative estimate of drug-likeness (QED) is 0.403. The fourth-order valence-electron chi connectivity index (χ4n) is 3.84. The lowest BCUT2D eigenvalue weighted by molar-refractivity contribution is -0.119. The van der Waals surface area contributed by atoms with Crippen molar-refractivity contribution in [1.82, 2.24) is 5.32 Å². The van der Waals surface area contributed by atoms with Crippen LogP contribution in [0.3, 0.4) is 0 Å². The van der Waals surface area contributed by atoms with E-state index >= 15 is 0 Å². The predicted molar refractivity (Wildman–Crippen MR) is 134 cm³/mol. The summed E-state index contributed by atoms with van der Waals surface area (Å²) in [5, 5.41) is 5.00. The van der Waals surface area contributed by atoms with E-state index in [9.17, 15) is 13.2 Å². The van der Waals surface area contributed by atoms with Gasteiger partial charge in [-0.1, -0.05) is 66.7 Å². The van der Waals surface area contributed by atoms with Gasteiger partial charge in [-0.05, 0) is 53.1 Å². The Morgan fingerprint density at radius 2 is 1.62 bits per heavy atom. The van der Waals surface area contributed by atoms with Crippen molar-refractivity contribution in [3.63, 3.8) is 0 Å². The Morgan fingerprint density at radius 1 is 0.912 bits per heavy atom. The molecule has 1 amide bonds. The first-order chi connectivity index (χ1) is 16.4. The third-order valence-corrected chi connectivity index (χ3v) is 7.35. The molecular formula is C27H26N2O4S. The summed E-state index contributed by atoms with van der Waals surface area (Å²) in [5.41, 5.74) is 2.11. The summed E-state index contributed by atoms with van der Waals surface area (Å²) in [6.07, 6.45) is 0. The molecule has 0 aliphatic carbocycles. The maximum atomic E-state index is 13.6. The number of sulfonamides is 1. The number of hydrogen-bond acceptors (Lipinski definition) is 4. The van der Waals surface area contributed by atoms with Crippen molar-refractivity contribution >= 4 is 32.4 Å². The Kier molecular flexibility index (Phi) is 6.84. The fourth-order valence-corrected chi connectivity index (χ4v) is 5.29. The number of ether oxygens (including phenoxy) is 1. The zero-order valence-electron chi connectivity index (χ0n) is 19.1. The molecular weight excluding hydrogens is 448 g/mol. The van der Waals surface area contributed by atoms with Crippen LogP contribution in [0.15, 0.2) is 95.9 Å². The van der Waals surface area contributed by atoms with E-state index in [0.717, 1.165) is 26.2 Å². The Labute approximate surface area is 199 Å². The summed E-state index contributed by atoms with van der Waals surface area (Å²) in [4.78, 5) is 13.1. The molecule has 0 atom stereocenters. The molecule has 0 unspecified atom stereocenters. The number of nitrogens with zero attached hydrogens (tertiary/aromatic N) is 1. The van der Waals surface area contributed by atoms with Crippen LogP contribution in [-0.2, 0) is 21.4 Å². The first-order valence-corrected chi connectivity index (χ1v) is 12.3. The zero-order chi connectivity index (χ0) is 24.1. The topological polar surface area (TPSA) is 75.7 Å². The standard InChI is InChI=1S/C27H26N2O4S/c1-20-15-16-26(33-2)25(17-20)29(34(31,32)23-12-4-3-5-13-23)19-27(30)28-18-22-11-8-10-21-9-6-7-14-24(21)22/h3-17H,18-19H2,1-2H3,(H,28,30).